The third kappa shape index (κ3) is 4.99. The molecule has 1 N–H and O–H groups in total. The number of rotatable bonds is 6. The number of halogens is 1. The molecule has 0 amide bonds. The van der Waals surface area contributed by atoms with Crippen LogP contribution in [0.4, 0.5) is 5.69 Å². The lowest BCUT2D eigenvalue weighted by Gasteiger charge is -2.09. The molecule has 0 saturated carbocycles. The van der Waals surface area contributed by atoms with Crippen LogP contribution < -0.4 is 4.74 Å². The summed E-state index contributed by atoms with van der Waals surface area (Å²) in [5.41, 5.74) is 5.24. The number of ether oxygens (including phenoxy) is 1. The average Bonchev–Trinajstić information content (AvgIpc) is 2.67. The lowest BCUT2D eigenvalue weighted by atomic mass is 10.1. The zero-order chi connectivity index (χ0) is 20.1. The van der Waals surface area contributed by atoms with Crippen molar-refractivity contribution in [3.8, 4) is 5.75 Å². The van der Waals surface area contributed by atoms with Crippen LogP contribution in [0.15, 0.2) is 65.7 Å². The van der Waals surface area contributed by atoms with Crippen LogP contribution in [-0.2, 0) is 6.61 Å². The van der Waals surface area contributed by atoms with Crippen molar-refractivity contribution >= 4 is 29.5 Å². The van der Waals surface area contributed by atoms with Crippen LogP contribution in [-0.4, -0.2) is 17.3 Å². The van der Waals surface area contributed by atoms with Crippen molar-refractivity contribution in [3.05, 3.63) is 93.5 Å². The van der Waals surface area contributed by atoms with Crippen LogP contribution in [0.2, 0.25) is 5.02 Å². The molecule has 0 spiro atoms. The van der Waals surface area contributed by atoms with E-state index in [0.717, 1.165) is 22.4 Å². The Hall–Kier alpha value is -3.11. The van der Waals surface area contributed by atoms with Crippen molar-refractivity contribution in [3.63, 3.8) is 0 Å². The molecule has 5 heteroatoms. The molecule has 142 valence electrons. The number of aryl methyl sites for hydroxylation is 2. The molecule has 0 aliphatic carbocycles. The standard InChI is InChI=1S/C23H20ClNO3/c1-15-3-9-21(16(2)11-15)25-13-18-6-10-22(20(24)12-18)28-14-17-4-7-19(8-5-17)23(26)27/h3-13H,14H2,1-2H3,(H,26,27). The second-order valence-corrected chi connectivity index (χ2v) is 6.94. The van der Waals surface area contributed by atoms with Gasteiger partial charge in [0.05, 0.1) is 16.3 Å². The zero-order valence-corrected chi connectivity index (χ0v) is 16.4. The van der Waals surface area contributed by atoms with Gasteiger partial charge in [-0.15, -0.1) is 0 Å². The molecule has 0 unspecified atom stereocenters. The van der Waals surface area contributed by atoms with Gasteiger partial charge in [-0.1, -0.05) is 41.4 Å². The first-order valence-corrected chi connectivity index (χ1v) is 9.16. The molecule has 0 aliphatic heterocycles. The second-order valence-electron chi connectivity index (χ2n) is 6.53. The molecule has 0 bridgehead atoms. The molecule has 0 fully saturated rings. The summed E-state index contributed by atoms with van der Waals surface area (Å²) in [7, 11) is 0. The topological polar surface area (TPSA) is 58.9 Å². The van der Waals surface area contributed by atoms with Crippen LogP contribution in [0.5, 0.6) is 5.75 Å². The first-order chi connectivity index (χ1) is 13.4. The molecule has 0 saturated heterocycles. The highest BCUT2D eigenvalue weighted by Crippen LogP contribution is 2.26. The van der Waals surface area contributed by atoms with E-state index in [1.165, 1.54) is 5.56 Å². The van der Waals surface area contributed by atoms with Crippen LogP contribution in [0.1, 0.15) is 32.6 Å². The quantitative estimate of drug-likeness (QED) is 0.523. The maximum Gasteiger partial charge on any atom is 0.335 e. The summed E-state index contributed by atoms with van der Waals surface area (Å²) < 4.78 is 5.75. The first-order valence-electron chi connectivity index (χ1n) is 8.78. The van der Waals surface area contributed by atoms with Crippen LogP contribution in [0.3, 0.4) is 0 Å². The Bertz CT molecular complexity index is 1030. The van der Waals surface area contributed by atoms with Crippen molar-refractivity contribution < 1.29 is 14.6 Å². The molecule has 0 atom stereocenters. The van der Waals surface area contributed by atoms with Crippen molar-refractivity contribution in [2.24, 2.45) is 4.99 Å². The van der Waals surface area contributed by atoms with E-state index < -0.39 is 5.97 Å². The molecule has 0 heterocycles. The van der Waals surface area contributed by atoms with Crippen molar-refractivity contribution in [2.75, 3.05) is 0 Å². The number of carboxylic acid groups (broad SMARTS) is 1. The first kappa shape index (κ1) is 19.6. The number of carbonyl (C=O) groups is 1. The van der Waals surface area contributed by atoms with Gasteiger partial charge < -0.3 is 9.84 Å². The number of aliphatic imine (C=N–C) groups is 1. The third-order valence-corrected chi connectivity index (χ3v) is 4.55. The lowest BCUT2D eigenvalue weighted by molar-refractivity contribution is 0.0697. The van der Waals surface area contributed by atoms with E-state index in [1.54, 1.807) is 42.6 Å². The van der Waals surface area contributed by atoms with Gasteiger partial charge in [-0.3, -0.25) is 4.99 Å². The smallest absolute Gasteiger partial charge is 0.335 e. The lowest BCUT2D eigenvalue weighted by Crippen LogP contribution is -1.99. The molecular weight excluding hydrogens is 374 g/mol. The molecule has 0 aromatic heterocycles. The summed E-state index contributed by atoms with van der Waals surface area (Å²) in [5.74, 6) is -0.388. The Morgan fingerprint density at radius 2 is 1.82 bits per heavy atom. The Morgan fingerprint density at radius 3 is 2.46 bits per heavy atom. The van der Waals surface area contributed by atoms with Gasteiger partial charge in [-0.2, -0.15) is 0 Å². The van der Waals surface area contributed by atoms with Gasteiger partial charge >= 0.3 is 5.97 Å². The van der Waals surface area contributed by atoms with Crippen molar-refractivity contribution in [1.29, 1.82) is 0 Å². The predicted octanol–water partition coefficient (Wildman–Crippen LogP) is 5.98. The van der Waals surface area contributed by atoms with Crippen LogP contribution in [0, 0.1) is 13.8 Å². The highest BCUT2D eigenvalue weighted by atomic mass is 35.5. The molecular formula is C23H20ClNO3. The number of hydrogen-bond donors (Lipinski definition) is 1. The van der Waals surface area contributed by atoms with E-state index >= 15 is 0 Å². The molecule has 28 heavy (non-hydrogen) atoms. The fourth-order valence-corrected chi connectivity index (χ4v) is 2.96. The number of nitrogens with zero attached hydrogens (tertiary/aromatic N) is 1. The van der Waals surface area contributed by atoms with E-state index in [1.807, 2.05) is 25.1 Å². The number of hydrogen-bond acceptors (Lipinski definition) is 3. The second kappa shape index (κ2) is 8.72. The van der Waals surface area contributed by atoms with Gasteiger partial charge in [0.2, 0.25) is 0 Å². The summed E-state index contributed by atoms with van der Waals surface area (Å²) in [6.45, 7) is 4.39. The van der Waals surface area contributed by atoms with Crippen molar-refractivity contribution in [1.82, 2.24) is 0 Å². The number of benzene rings is 3. The van der Waals surface area contributed by atoms with Gasteiger partial charge in [0.15, 0.2) is 0 Å². The minimum Gasteiger partial charge on any atom is -0.487 e. The normalized spacial score (nSPS) is 11.0. The monoisotopic (exact) mass is 393 g/mol. The van der Waals surface area contributed by atoms with Gasteiger partial charge in [-0.05, 0) is 66.9 Å². The Kier molecular flexibility index (Phi) is 6.12. The Labute approximate surface area is 169 Å². The molecule has 4 nitrogen and oxygen atoms in total. The largest absolute Gasteiger partial charge is 0.487 e. The van der Waals surface area contributed by atoms with Gasteiger partial charge in [0.25, 0.3) is 0 Å². The number of aromatic carboxylic acids is 1. The summed E-state index contributed by atoms with van der Waals surface area (Å²) in [5, 5.41) is 9.42. The minimum atomic E-state index is -0.950. The fourth-order valence-electron chi connectivity index (χ4n) is 2.71. The predicted molar refractivity (Wildman–Crippen MR) is 112 cm³/mol. The highest BCUT2D eigenvalue weighted by molar-refractivity contribution is 6.32. The maximum absolute atomic E-state index is 10.9. The van der Waals surface area contributed by atoms with Crippen molar-refractivity contribution in [2.45, 2.75) is 20.5 Å². The van der Waals surface area contributed by atoms with Crippen LogP contribution >= 0.6 is 11.6 Å². The summed E-state index contributed by atoms with van der Waals surface area (Å²) in [4.78, 5) is 15.4. The van der Waals surface area contributed by atoms with E-state index in [4.69, 9.17) is 21.4 Å². The summed E-state index contributed by atoms with van der Waals surface area (Å²) in [6.07, 6.45) is 1.78. The van der Waals surface area contributed by atoms with E-state index in [0.29, 0.717) is 17.4 Å². The SMILES string of the molecule is Cc1ccc(N=Cc2ccc(OCc3ccc(C(=O)O)cc3)c(Cl)c2)c(C)c1. The van der Waals surface area contributed by atoms with E-state index in [-0.39, 0.29) is 5.56 Å². The van der Waals surface area contributed by atoms with Gasteiger partial charge in [0.1, 0.15) is 12.4 Å². The Balaban J connectivity index is 1.66. The fraction of sp³-hybridized carbons (Fsp3) is 0.130. The Morgan fingerprint density at radius 1 is 1.07 bits per heavy atom. The minimum absolute atomic E-state index is 0.245. The molecule has 3 aromatic rings. The molecule has 0 radical (unpaired) electrons. The number of carboxylic acids is 1. The third-order valence-electron chi connectivity index (χ3n) is 4.26. The van der Waals surface area contributed by atoms with E-state index in [9.17, 15) is 4.79 Å². The van der Waals surface area contributed by atoms with Gasteiger partial charge in [0, 0.05) is 6.21 Å². The summed E-state index contributed by atoms with van der Waals surface area (Å²) in [6, 6.07) is 18.2. The van der Waals surface area contributed by atoms with Crippen LogP contribution in [0.25, 0.3) is 0 Å². The molecule has 3 rings (SSSR count). The average molecular weight is 394 g/mol. The zero-order valence-electron chi connectivity index (χ0n) is 15.6. The van der Waals surface area contributed by atoms with Gasteiger partial charge in [-0.25, -0.2) is 4.79 Å². The highest BCUT2D eigenvalue weighted by Gasteiger charge is 2.05. The van der Waals surface area contributed by atoms with E-state index in [2.05, 4.69) is 18.0 Å². The molecule has 3 aromatic carbocycles. The molecule has 0 aliphatic rings. The maximum atomic E-state index is 10.9. The summed E-state index contributed by atoms with van der Waals surface area (Å²) >= 11 is 6.33.